The van der Waals surface area contributed by atoms with Crippen molar-refractivity contribution in [2.75, 3.05) is 39.6 Å². The van der Waals surface area contributed by atoms with Crippen LogP contribution in [0.3, 0.4) is 0 Å². The molecule has 0 aliphatic carbocycles. The minimum Gasteiger partial charge on any atom is -0.462 e. The van der Waals surface area contributed by atoms with E-state index in [1.54, 1.807) is 0 Å². The molecular formula is C81H158O17P2. The standard InChI is InChI=1S/C81H158O17P2/c1-71(2)57-49-41-33-25-18-13-9-11-15-21-29-37-45-53-61-78(83)91-67-76(97-80(85)63-55-47-39-30-22-16-12-10-14-19-26-34-42-50-58-72(3)4)69-95-99(87,88)93-65-75(82)66-94-100(89,90)96-70-77(68-92-79(84)62-54-46-38-32-24-28-36-44-52-60-74(7)8)98-81(86)64-56-48-40-31-23-17-20-27-35-43-51-59-73(5)6/h71-77,82H,9-70H2,1-8H3,(H,87,88)(H,89,90)/t75-,76-,77-/m1/s1. The second-order valence-electron chi connectivity index (χ2n) is 31.1. The number of carbonyl (C=O) groups excluding carboxylic acids is 4. The minimum atomic E-state index is -4.96. The Bertz CT molecular complexity index is 1950. The van der Waals surface area contributed by atoms with Crippen LogP contribution in [0.25, 0.3) is 0 Å². The van der Waals surface area contributed by atoms with Crippen molar-refractivity contribution in [1.82, 2.24) is 0 Å². The van der Waals surface area contributed by atoms with Crippen molar-refractivity contribution in [1.29, 1.82) is 0 Å². The number of phosphoric acid groups is 2. The van der Waals surface area contributed by atoms with E-state index >= 15 is 0 Å². The number of phosphoric ester groups is 2. The number of rotatable bonds is 78. The normalized spacial score (nSPS) is 14.0. The topological polar surface area (TPSA) is 237 Å². The Morgan fingerprint density at radius 2 is 0.420 bits per heavy atom. The number of aliphatic hydroxyl groups is 1. The summed E-state index contributed by atoms with van der Waals surface area (Å²) in [6.07, 6.45) is 56.8. The van der Waals surface area contributed by atoms with Crippen LogP contribution < -0.4 is 0 Å². The molecule has 0 aromatic carbocycles. The maximum Gasteiger partial charge on any atom is 0.472 e. The summed E-state index contributed by atoms with van der Waals surface area (Å²) in [5.41, 5.74) is 0. The molecular weight excluding hydrogens is 1310 g/mol. The van der Waals surface area contributed by atoms with Gasteiger partial charge in [-0.3, -0.25) is 37.3 Å². The highest BCUT2D eigenvalue weighted by Crippen LogP contribution is 2.45. The lowest BCUT2D eigenvalue weighted by Crippen LogP contribution is -2.30. The van der Waals surface area contributed by atoms with Crippen LogP contribution in [0.2, 0.25) is 0 Å². The average molecular weight is 1470 g/mol. The SMILES string of the molecule is CC(C)CCCCCCCCCCCCCCCCC(=O)OC[C@H](COP(=O)(O)OC[C@@H](O)COP(=O)(O)OC[C@@H](COC(=O)CCCCCCCCCCCC(C)C)OC(=O)CCCCCCCCCCCCCC(C)C)OC(=O)CCCCCCCCCCCCCCCCC(C)C. The summed E-state index contributed by atoms with van der Waals surface area (Å²) in [6.45, 7) is 14.3. The lowest BCUT2D eigenvalue weighted by molar-refractivity contribution is -0.161. The summed E-state index contributed by atoms with van der Waals surface area (Å²) in [4.78, 5) is 73.1. The Balaban J connectivity index is 5.27. The quantitative estimate of drug-likeness (QED) is 0.0222. The molecule has 0 saturated heterocycles. The number of carbonyl (C=O) groups is 4. The van der Waals surface area contributed by atoms with Crippen LogP contribution in [0, 0.1) is 23.7 Å². The van der Waals surface area contributed by atoms with Crippen molar-refractivity contribution in [2.24, 2.45) is 23.7 Å². The van der Waals surface area contributed by atoms with Gasteiger partial charge < -0.3 is 33.8 Å². The molecule has 0 spiro atoms. The molecule has 0 bridgehead atoms. The smallest absolute Gasteiger partial charge is 0.462 e. The van der Waals surface area contributed by atoms with Gasteiger partial charge in [0.25, 0.3) is 0 Å². The first-order chi connectivity index (χ1) is 48.1. The van der Waals surface area contributed by atoms with E-state index in [9.17, 15) is 43.2 Å². The average Bonchev–Trinajstić information content (AvgIpc) is 0.916. The van der Waals surface area contributed by atoms with Crippen LogP contribution in [-0.4, -0.2) is 96.7 Å². The van der Waals surface area contributed by atoms with Crippen molar-refractivity contribution in [3.63, 3.8) is 0 Å². The Morgan fingerprint density at radius 3 is 0.620 bits per heavy atom. The first kappa shape index (κ1) is 98.1. The number of esters is 4. The molecule has 0 amide bonds. The first-order valence-corrected chi connectivity index (χ1v) is 44.7. The predicted molar refractivity (Wildman–Crippen MR) is 409 cm³/mol. The first-order valence-electron chi connectivity index (χ1n) is 41.7. The Kier molecular flexibility index (Phi) is 68.7. The van der Waals surface area contributed by atoms with Crippen LogP contribution in [0.15, 0.2) is 0 Å². The third-order valence-electron chi connectivity index (χ3n) is 18.8. The Morgan fingerprint density at radius 1 is 0.250 bits per heavy atom. The predicted octanol–water partition coefficient (Wildman–Crippen LogP) is 24.0. The summed E-state index contributed by atoms with van der Waals surface area (Å²) in [6, 6.07) is 0. The number of aliphatic hydroxyl groups excluding tert-OH is 1. The van der Waals surface area contributed by atoms with Gasteiger partial charge in [-0.25, -0.2) is 9.13 Å². The second-order valence-corrected chi connectivity index (χ2v) is 34.0. The van der Waals surface area contributed by atoms with Crippen LogP contribution >= 0.6 is 15.6 Å². The fraction of sp³-hybridized carbons (Fsp3) is 0.951. The van der Waals surface area contributed by atoms with Gasteiger partial charge in [-0.1, -0.05) is 364 Å². The molecule has 100 heavy (non-hydrogen) atoms. The van der Waals surface area contributed by atoms with Crippen LogP contribution in [-0.2, 0) is 65.4 Å². The molecule has 2 unspecified atom stereocenters. The van der Waals surface area contributed by atoms with Gasteiger partial charge in [0.1, 0.15) is 19.3 Å². The van der Waals surface area contributed by atoms with E-state index in [-0.39, 0.29) is 25.7 Å². The van der Waals surface area contributed by atoms with Crippen LogP contribution in [0.5, 0.6) is 0 Å². The van der Waals surface area contributed by atoms with Gasteiger partial charge in [0.2, 0.25) is 0 Å². The molecule has 3 N–H and O–H groups in total. The summed E-state index contributed by atoms with van der Waals surface area (Å²) >= 11 is 0. The molecule has 0 aliphatic rings. The van der Waals surface area contributed by atoms with E-state index in [2.05, 4.69) is 55.4 Å². The molecule has 0 fully saturated rings. The van der Waals surface area contributed by atoms with E-state index in [1.807, 2.05) is 0 Å². The lowest BCUT2D eigenvalue weighted by atomic mass is 10.0. The molecule has 0 aromatic heterocycles. The van der Waals surface area contributed by atoms with Crippen LogP contribution in [0.4, 0.5) is 0 Å². The number of unbranched alkanes of at least 4 members (excludes halogenated alkanes) is 44. The minimum absolute atomic E-state index is 0.106. The third kappa shape index (κ3) is 74.3. The van der Waals surface area contributed by atoms with Gasteiger partial charge in [-0.2, -0.15) is 0 Å². The van der Waals surface area contributed by atoms with Gasteiger partial charge in [0.15, 0.2) is 12.2 Å². The Hall–Kier alpha value is -1.94. The van der Waals surface area contributed by atoms with E-state index in [0.717, 1.165) is 114 Å². The molecule has 19 heteroatoms. The maximum atomic E-state index is 13.1. The van der Waals surface area contributed by atoms with Gasteiger partial charge >= 0.3 is 39.5 Å². The van der Waals surface area contributed by atoms with E-state index in [0.29, 0.717) is 25.7 Å². The molecule has 0 radical (unpaired) electrons. The zero-order valence-electron chi connectivity index (χ0n) is 65.8. The summed E-state index contributed by atoms with van der Waals surface area (Å²) < 4.78 is 68.8. The van der Waals surface area contributed by atoms with E-state index < -0.39 is 97.5 Å². The summed E-state index contributed by atoms with van der Waals surface area (Å²) in [5, 5.41) is 10.6. The van der Waals surface area contributed by atoms with Crippen molar-refractivity contribution >= 4 is 39.5 Å². The van der Waals surface area contributed by atoms with Gasteiger partial charge in [-0.15, -0.1) is 0 Å². The molecule has 0 aliphatic heterocycles. The van der Waals surface area contributed by atoms with Gasteiger partial charge in [0.05, 0.1) is 26.4 Å². The fourth-order valence-corrected chi connectivity index (χ4v) is 14.0. The van der Waals surface area contributed by atoms with Crippen molar-refractivity contribution in [3.8, 4) is 0 Å². The molecule has 0 aromatic rings. The highest BCUT2D eigenvalue weighted by Gasteiger charge is 2.30. The largest absolute Gasteiger partial charge is 0.472 e. The molecule has 0 heterocycles. The number of hydrogen-bond acceptors (Lipinski definition) is 15. The summed E-state index contributed by atoms with van der Waals surface area (Å²) in [5.74, 6) is 0.991. The van der Waals surface area contributed by atoms with Gasteiger partial charge in [-0.05, 0) is 49.4 Å². The highest BCUT2D eigenvalue weighted by atomic mass is 31.2. The van der Waals surface area contributed by atoms with Gasteiger partial charge in [0, 0.05) is 25.7 Å². The molecule has 0 rings (SSSR count). The van der Waals surface area contributed by atoms with E-state index in [1.165, 1.54) is 218 Å². The second kappa shape index (κ2) is 70.1. The third-order valence-corrected chi connectivity index (χ3v) is 20.7. The monoisotopic (exact) mass is 1470 g/mol. The molecule has 0 saturated carbocycles. The van der Waals surface area contributed by atoms with E-state index in [4.69, 9.17) is 37.0 Å². The highest BCUT2D eigenvalue weighted by molar-refractivity contribution is 7.47. The molecule has 594 valence electrons. The Labute approximate surface area is 613 Å². The van der Waals surface area contributed by atoms with Crippen LogP contribution in [0.1, 0.15) is 415 Å². The summed E-state index contributed by atoms with van der Waals surface area (Å²) in [7, 11) is -9.92. The maximum absolute atomic E-state index is 13.1. The zero-order chi connectivity index (χ0) is 73.8. The number of hydrogen-bond donors (Lipinski definition) is 3. The molecule has 5 atom stereocenters. The number of ether oxygens (including phenoxy) is 4. The van der Waals surface area contributed by atoms with Crippen molar-refractivity contribution in [3.05, 3.63) is 0 Å². The zero-order valence-corrected chi connectivity index (χ0v) is 67.6. The molecule has 17 nitrogen and oxygen atoms in total. The van der Waals surface area contributed by atoms with Crippen molar-refractivity contribution in [2.45, 2.75) is 433 Å². The fourth-order valence-electron chi connectivity index (χ4n) is 12.4. The lowest BCUT2D eigenvalue weighted by Gasteiger charge is -2.21. The van der Waals surface area contributed by atoms with Crippen molar-refractivity contribution < 1.29 is 80.2 Å².